The van der Waals surface area contributed by atoms with Crippen molar-refractivity contribution in [3.8, 4) is 5.75 Å². The number of anilines is 1. The zero-order valence-corrected chi connectivity index (χ0v) is 15.4. The molecular weight excluding hydrogens is 302 g/mol. The highest BCUT2D eigenvalue weighted by Gasteiger charge is 2.27. The number of carbonyl (C=O) groups is 1. The van der Waals surface area contributed by atoms with E-state index in [1.807, 2.05) is 31.2 Å². The van der Waals surface area contributed by atoms with Crippen LogP contribution in [0.2, 0.25) is 0 Å². The first-order chi connectivity index (χ1) is 11.5. The number of ether oxygens (including phenoxy) is 1. The minimum Gasteiger partial charge on any atom is -0.492 e. The number of piperazine rings is 1. The third-order valence-corrected chi connectivity index (χ3v) is 4.59. The fourth-order valence-electron chi connectivity index (χ4n) is 3.21. The zero-order valence-electron chi connectivity index (χ0n) is 15.4. The van der Waals surface area contributed by atoms with Crippen molar-refractivity contribution in [3.63, 3.8) is 0 Å². The number of carbonyl (C=O) groups excluding carboxylic acids is 1. The van der Waals surface area contributed by atoms with E-state index in [2.05, 4.69) is 36.0 Å². The first-order valence-corrected chi connectivity index (χ1v) is 8.95. The molecule has 1 aliphatic rings. The molecule has 1 fully saturated rings. The van der Waals surface area contributed by atoms with Gasteiger partial charge in [-0.15, -0.1) is 0 Å². The lowest BCUT2D eigenvalue weighted by molar-refractivity contribution is -0.116. The summed E-state index contributed by atoms with van der Waals surface area (Å²) in [4.78, 5) is 17.2. The van der Waals surface area contributed by atoms with E-state index in [1.54, 1.807) is 0 Å². The van der Waals surface area contributed by atoms with E-state index >= 15 is 0 Å². The molecule has 0 aliphatic carbocycles. The van der Waals surface area contributed by atoms with Gasteiger partial charge in [0.25, 0.3) is 0 Å². The van der Waals surface area contributed by atoms with Crippen molar-refractivity contribution in [2.45, 2.75) is 33.2 Å². The van der Waals surface area contributed by atoms with Gasteiger partial charge in [0.15, 0.2) is 0 Å². The minimum absolute atomic E-state index is 0.0450. The number of hydrogen-bond donors (Lipinski definition) is 1. The summed E-state index contributed by atoms with van der Waals surface area (Å²) in [5.41, 5.74) is 0.753. The average Bonchev–Trinajstić information content (AvgIpc) is 2.55. The molecule has 24 heavy (non-hydrogen) atoms. The van der Waals surface area contributed by atoms with Crippen LogP contribution in [0.15, 0.2) is 24.3 Å². The van der Waals surface area contributed by atoms with Gasteiger partial charge in [0.05, 0.1) is 12.3 Å². The standard InChI is InChI=1S/C19H31N3O2/c1-5-24-18-9-7-6-8-16(18)20-19(23)10-11-22-13-12-21(4)14-17(22)15(2)3/h6-9,15,17H,5,10-14H2,1-4H3,(H,20,23)/t17-/m1/s1. The maximum Gasteiger partial charge on any atom is 0.225 e. The van der Waals surface area contributed by atoms with Gasteiger partial charge in [0, 0.05) is 38.6 Å². The van der Waals surface area contributed by atoms with Gasteiger partial charge >= 0.3 is 0 Å². The summed E-state index contributed by atoms with van der Waals surface area (Å²) in [6.07, 6.45) is 0.507. The number of para-hydroxylation sites is 2. The molecule has 134 valence electrons. The van der Waals surface area contributed by atoms with Crippen LogP contribution in [0.3, 0.4) is 0 Å². The van der Waals surface area contributed by atoms with Gasteiger partial charge in [-0.3, -0.25) is 9.69 Å². The highest BCUT2D eigenvalue weighted by Crippen LogP contribution is 2.24. The number of nitrogens with zero attached hydrogens (tertiary/aromatic N) is 2. The smallest absolute Gasteiger partial charge is 0.225 e. The number of hydrogen-bond acceptors (Lipinski definition) is 4. The molecule has 1 heterocycles. The van der Waals surface area contributed by atoms with Crippen LogP contribution in [0, 0.1) is 5.92 Å². The fourth-order valence-corrected chi connectivity index (χ4v) is 3.21. The summed E-state index contributed by atoms with van der Waals surface area (Å²) < 4.78 is 5.56. The molecule has 1 N–H and O–H groups in total. The maximum atomic E-state index is 12.3. The van der Waals surface area contributed by atoms with Gasteiger partial charge in [-0.1, -0.05) is 26.0 Å². The molecule has 0 radical (unpaired) electrons. The molecule has 5 nitrogen and oxygen atoms in total. The van der Waals surface area contributed by atoms with Crippen molar-refractivity contribution in [2.24, 2.45) is 5.92 Å². The second kappa shape index (κ2) is 9.04. The zero-order chi connectivity index (χ0) is 17.5. The molecule has 0 bridgehead atoms. The quantitative estimate of drug-likeness (QED) is 0.833. The normalized spacial score (nSPS) is 19.5. The maximum absolute atomic E-state index is 12.3. The van der Waals surface area contributed by atoms with Crippen LogP contribution in [0.5, 0.6) is 5.75 Å². The van der Waals surface area contributed by atoms with Crippen molar-refractivity contribution in [1.82, 2.24) is 9.80 Å². The molecule has 0 saturated carbocycles. The van der Waals surface area contributed by atoms with Crippen LogP contribution in [-0.2, 0) is 4.79 Å². The van der Waals surface area contributed by atoms with E-state index in [-0.39, 0.29) is 5.91 Å². The third-order valence-electron chi connectivity index (χ3n) is 4.59. The average molecular weight is 333 g/mol. The van der Waals surface area contributed by atoms with E-state index in [9.17, 15) is 4.79 Å². The summed E-state index contributed by atoms with van der Waals surface area (Å²) in [7, 11) is 2.17. The highest BCUT2D eigenvalue weighted by atomic mass is 16.5. The Morgan fingerprint density at radius 3 is 2.79 bits per heavy atom. The Morgan fingerprint density at radius 2 is 2.08 bits per heavy atom. The molecule has 2 rings (SSSR count). The van der Waals surface area contributed by atoms with E-state index in [0.29, 0.717) is 25.0 Å². The van der Waals surface area contributed by atoms with Crippen molar-refractivity contribution in [1.29, 1.82) is 0 Å². The molecule has 1 aromatic rings. The molecule has 0 unspecified atom stereocenters. The summed E-state index contributed by atoms with van der Waals surface area (Å²) >= 11 is 0. The van der Waals surface area contributed by atoms with Gasteiger partial charge in [-0.05, 0) is 32.0 Å². The first-order valence-electron chi connectivity index (χ1n) is 8.95. The summed E-state index contributed by atoms with van der Waals surface area (Å²) in [6, 6.07) is 8.11. The molecule has 5 heteroatoms. The summed E-state index contributed by atoms with van der Waals surface area (Å²) in [5.74, 6) is 1.37. The Hall–Kier alpha value is -1.59. The van der Waals surface area contributed by atoms with Gasteiger partial charge in [0.1, 0.15) is 5.75 Å². The van der Waals surface area contributed by atoms with Crippen LogP contribution in [-0.4, -0.2) is 61.6 Å². The SMILES string of the molecule is CCOc1ccccc1NC(=O)CCN1CCN(C)C[C@@H]1C(C)C. The van der Waals surface area contributed by atoms with Crippen LogP contribution in [0.4, 0.5) is 5.69 Å². The predicted molar refractivity (Wildman–Crippen MR) is 98.6 cm³/mol. The van der Waals surface area contributed by atoms with Crippen LogP contribution in [0.25, 0.3) is 0 Å². The third kappa shape index (κ3) is 5.21. The van der Waals surface area contributed by atoms with E-state index in [4.69, 9.17) is 4.74 Å². The van der Waals surface area contributed by atoms with Gasteiger partial charge in [-0.2, -0.15) is 0 Å². The minimum atomic E-state index is 0.0450. The van der Waals surface area contributed by atoms with Gasteiger partial charge < -0.3 is 15.0 Å². The lowest BCUT2D eigenvalue weighted by Gasteiger charge is -2.42. The second-order valence-electron chi connectivity index (χ2n) is 6.84. The fraction of sp³-hybridized carbons (Fsp3) is 0.632. The molecule has 1 atom stereocenters. The number of amides is 1. The molecule has 0 spiro atoms. The lowest BCUT2D eigenvalue weighted by Crippen LogP contribution is -2.54. The van der Waals surface area contributed by atoms with E-state index in [1.165, 1.54) is 0 Å². The Bertz CT molecular complexity index is 533. The number of benzene rings is 1. The van der Waals surface area contributed by atoms with Crippen molar-refractivity contribution in [3.05, 3.63) is 24.3 Å². The van der Waals surface area contributed by atoms with E-state index in [0.717, 1.165) is 37.6 Å². The van der Waals surface area contributed by atoms with Crippen molar-refractivity contribution in [2.75, 3.05) is 45.2 Å². The predicted octanol–water partition coefficient (Wildman–Crippen LogP) is 2.69. The van der Waals surface area contributed by atoms with E-state index < -0.39 is 0 Å². The number of rotatable bonds is 7. The number of nitrogens with one attached hydrogen (secondary N) is 1. The van der Waals surface area contributed by atoms with Gasteiger partial charge in [-0.25, -0.2) is 0 Å². The molecular formula is C19H31N3O2. The topological polar surface area (TPSA) is 44.8 Å². The molecule has 0 aromatic heterocycles. The van der Waals surface area contributed by atoms with Crippen molar-refractivity contribution >= 4 is 11.6 Å². The highest BCUT2D eigenvalue weighted by molar-refractivity contribution is 5.92. The molecule has 1 saturated heterocycles. The Labute approximate surface area is 146 Å². The molecule has 1 aliphatic heterocycles. The summed E-state index contributed by atoms with van der Waals surface area (Å²) in [6.45, 7) is 11.0. The Kier molecular flexibility index (Phi) is 7.06. The second-order valence-corrected chi connectivity index (χ2v) is 6.84. The molecule has 1 aromatic carbocycles. The largest absolute Gasteiger partial charge is 0.492 e. The van der Waals surface area contributed by atoms with Crippen LogP contribution < -0.4 is 10.1 Å². The van der Waals surface area contributed by atoms with Crippen molar-refractivity contribution < 1.29 is 9.53 Å². The Morgan fingerprint density at radius 1 is 1.33 bits per heavy atom. The molecule has 1 amide bonds. The summed E-state index contributed by atoms with van der Waals surface area (Å²) in [5, 5.41) is 2.99. The van der Waals surface area contributed by atoms with Crippen LogP contribution >= 0.6 is 0 Å². The Balaban J connectivity index is 1.89. The number of likely N-dealkylation sites (N-methyl/N-ethyl adjacent to an activating group) is 1. The monoisotopic (exact) mass is 333 g/mol. The van der Waals surface area contributed by atoms with Gasteiger partial charge in [0.2, 0.25) is 5.91 Å². The van der Waals surface area contributed by atoms with Crippen LogP contribution in [0.1, 0.15) is 27.2 Å². The first kappa shape index (κ1) is 18.7. The lowest BCUT2D eigenvalue weighted by atomic mass is 9.99.